The number of aryl methyl sites for hydroxylation is 1. The Morgan fingerprint density at radius 3 is 2.42 bits per heavy atom. The van der Waals surface area contributed by atoms with Crippen LogP contribution in [0.3, 0.4) is 0 Å². The quantitative estimate of drug-likeness (QED) is 0.723. The van der Waals surface area contributed by atoms with Gasteiger partial charge in [0.2, 0.25) is 5.91 Å². The van der Waals surface area contributed by atoms with Crippen molar-refractivity contribution in [2.24, 2.45) is 0 Å². The number of methoxy groups -OCH3 is 1. The van der Waals surface area contributed by atoms with Crippen LogP contribution in [0.5, 0.6) is 0 Å². The number of nitrogens with one attached hydrogen (secondary N) is 1. The number of halogens is 1. The molecule has 0 unspecified atom stereocenters. The normalized spacial score (nSPS) is 13.3. The van der Waals surface area contributed by atoms with Crippen molar-refractivity contribution < 1.29 is 9.53 Å². The number of hydrogen-bond acceptors (Lipinski definition) is 2. The summed E-state index contributed by atoms with van der Waals surface area (Å²) in [7, 11) is 1.70. The highest BCUT2D eigenvalue weighted by Crippen LogP contribution is 2.28. The van der Waals surface area contributed by atoms with Crippen molar-refractivity contribution in [2.45, 2.75) is 31.8 Å². The second-order valence-corrected chi connectivity index (χ2v) is 6.64. The summed E-state index contributed by atoms with van der Waals surface area (Å²) in [6.45, 7) is 2.54. The van der Waals surface area contributed by atoms with Crippen LogP contribution in [0.25, 0.3) is 0 Å². The van der Waals surface area contributed by atoms with E-state index in [1.165, 1.54) is 0 Å². The second kappa shape index (κ2) is 9.00. The lowest BCUT2D eigenvalue weighted by molar-refractivity contribution is -0.123. The molecule has 0 bridgehead atoms. The Hall–Kier alpha value is -1.65. The summed E-state index contributed by atoms with van der Waals surface area (Å²) in [6.07, 6.45) is 1.96. The van der Waals surface area contributed by atoms with Crippen LogP contribution >= 0.6 is 15.9 Å². The van der Waals surface area contributed by atoms with Crippen molar-refractivity contribution in [1.29, 1.82) is 0 Å². The van der Waals surface area contributed by atoms with Gasteiger partial charge in [-0.25, -0.2) is 0 Å². The molecule has 1 atom stereocenters. The predicted molar refractivity (Wildman–Crippen MR) is 101 cm³/mol. The SMILES string of the molecule is CC[C@@](CNC(=O)CCc1ccccc1Br)(OC)c1ccccc1. The van der Waals surface area contributed by atoms with Crippen LogP contribution in [0.15, 0.2) is 59.1 Å². The number of hydrogen-bond donors (Lipinski definition) is 1. The van der Waals surface area contributed by atoms with Crippen molar-refractivity contribution in [2.75, 3.05) is 13.7 Å². The lowest BCUT2D eigenvalue weighted by Gasteiger charge is -2.32. The minimum Gasteiger partial charge on any atom is -0.372 e. The van der Waals surface area contributed by atoms with Crippen molar-refractivity contribution in [3.63, 3.8) is 0 Å². The number of rotatable bonds is 8. The molecule has 2 aromatic carbocycles. The number of ether oxygens (including phenoxy) is 1. The first-order valence-corrected chi connectivity index (χ1v) is 9.01. The van der Waals surface area contributed by atoms with Crippen LogP contribution in [0, 0.1) is 0 Å². The summed E-state index contributed by atoms with van der Waals surface area (Å²) >= 11 is 3.52. The van der Waals surface area contributed by atoms with Gasteiger partial charge in [0.05, 0.1) is 6.54 Å². The lowest BCUT2D eigenvalue weighted by Crippen LogP contribution is -2.42. The van der Waals surface area contributed by atoms with Gasteiger partial charge in [-0.2, -0.15) is 0 Å². The van der Waals surface area contributed by atoms with E-state index in [4.69, 9.17) is 4.74 Å². The first-order valence-electron chi connectivity index (χ1n) is 8.22. The molecule has 4 heteroatoms. The Labute approximate surface area is 152 Å². The van der Waals surface area contributed by atoms with Gasteiger partial charge in [0.1, 0.15) is 5.60 Å². The smallest absolute Gasteiger partial charge is 0.220 e. The molecule has 0 heterocycles. The van der Waals surface area contributed by atoms with Crippen LogP contribution in [-0.2, 0) is 21.6 Å². The van der Waals surface area contributed by atoms with E-state index in [2.05, 4.69) is 28.2 Å². The van der Waals surface area contributed by atoms with E-state index in [9.17, 15) is 4.79 Å². The first-order chi connectivity index (χ1) is 11.6. The molecule has 2 rings (SSSR count). The molecule has 0 radical (unpaired) electrons. The topological polar surface area (TPSA) is 38.3 Å². The minimum atomic E-state index is -0.482. The average Bonchev–Trinajstić information content (AvgIpc) is 2.63. The van der Waals surface area contributed by atoms with E-state index in [0.717, 1.165) is 22.0 Å². The molecule has 0 saturated carbocycles. The summed E-state index contributed by atoms with van der Waals surface area (Å²) in [5.74, 6) is 0.0385. The van der Waals surface area contributed by atoms with Gasteiger partial charge in [0, 0.05) is 18.0 Å². The number of carbonyl (C=O) groups is 1. The van der Waals surface area contributed by atoms with Crippen molar-refractivity contribution >= 4 is 21.8 Å². The molecule has 24 heavy (non-hydrogen) atoms. The molecule has 128 valence electrons. The molecular formula is C20H24BrNO2. The Morgan fingerprint density at radius 2 is 1.79 bits per heavy atom. The monoisotopic (exact) mass is 389 g/mol. The fourth-order valence-electron chi connectivity index (χ4n) is 2.79. The maximum absolute atomic E-state index is 12.3. The van der Waals surface area contributed by atoms with Gasteiger partial charge < -0.3 is 10.1 Å². The standard InChI is InChI=1S/C20H24BrNO2/c1-3-20(24-2,17-10-5-4-6-11-17)15-22-19(23)14-13-16-9-7-8-12-18(16)21/h4-12H,3,13-15H2,1-2H3,(H,22,23)/t20-/m0/s1. The third kappa shape index (κ3) is 4.68. The maximum atomic E-state index is 12.3. The predicted octanol–water partition coefficient (Wildman–Crippen LogP) is 4.45. The molecule has 2 aromatic rings. The van der Waals surface area contributed by atoms with Crippen molar-refractivity contribution in [3.05, 3.63) is 70.2 Å². The zero-order chi connectivity index (χ0) is 17.4. The molecule has 1 amide bonds. The second-order valence-electron chi connectivity index (χ2n) is 5.79. The van der Waals surface area contributed by atoms with Gasteiger partial charge in [0.15, 0.2) is 0 Å². The largest absolute Gasteiger partial charge is 0.372 e. The Bertz CT molecular complexity index is 654. The van der Waals surface area contributed by atoms with Crippen molar-refractivity contribution in [3.8, 4) is 0 Å². The highest BCUT2D eigenvalue weighted by atomic mass is 79.9. The molecule has 0 spiro atoms. The van der Waals surface area contributed by atoms with Gasteiger partial charge in [-0.15, -0.1) is 0 Å². The highest BCUT2D eigenvalue weighted by Gasteiger charge is 2.30. The van der Waals surface area contributed by atoms with Gasteiger partial charge in [-0.3, -0.25) is 4.79 Å². The van der Waals surface area contributed by atoms with E-state index in [1.54, 1.807) is 7.11 Å². The highest BCUT2D eigenvalue weighted by molar-refractivity contribution is 9.10. The van der Waals surface area contributed by atoms with Crippen LogP contribution in [0.2, 0.25) is 0 Å². The van der Waals surface area contributed by atoms with Gasteiger partial charge in [-0.05, 0) is 30.0 Å². The summed E-state index contributed by atoms with van der Waals surface area (Å²) in [5, 5.41) is 3.03. The van der Waals surface area contributed by atoms with E-state index in [1.807, 2.05) is 54.6 Å². The fourth-order valence-corrected chi connectivity index (χ4v) is 3.27. The molecule has 0 aromatic heterocycles. The molecule has 0 saturated heterocycles. The maximum Gasteiger partial charge on any atom is 0.220 e. The summed E-state index contributed by atoms with van der Waals surface area (Å²) in [4.78, 5) is 12.3. The minimum absolute atomic E-state index is 0.0385. The van der Waals surface area contributed by atoms with Crippen LogP contribution in [0.1, 0.15) is 30.9 Å². The van der Waals surface area contributed by atoms with Gasteiger partial charge in [0.25, 0.3) is 0 Å². The zero-order valence-corrected chi connectivity index (χ0v) is 15.8. The fraction of sp³-hybridized carbons (Fsp3) is 0.350. The molecular weight excluding hydrogens is 366 g/mol. The summed E-state index contributed by atoms with van der Waals surface area (Å²) < 4.78 is 6.83. The Morgan fingerprint density at radius 1 is 1.12 bits per heavy atom. The molecule has 1 N–H and O–H groups in total. The van der Waals surface area contributed by atoms with E-state index >= 15 is 0 Å². The third-order valence-electron chi connectivity index (χ3n) is 4.41. The van der Waals surface area contributed by atoms with E-state index in [-0.39, 0.29) is 5.91 Å². The summed E-state index contributed by atoms with van der Waals surface area (Å²) in [6, 6.07) is 18.0. The number of amides is 1. The lowest BCUT2D eigenvalue weighted by atomic mass is 9.90. The van der Waals surface area contributed by atoms with Gasteiger partial charge >= 0.3 is 0 Å². The Balaban J connectivity index is 1.95. The molecule has 0 aliphatic carbocycles. The van der Waals surface area contributed by atoms with E-state index < -0.39 is 5.60 Å². The van der Waals surface area contributed by atoms with E-state index in [0.29, 0.717) is 19.4 Å². The number of carbonyl (C=O) groups excluding carboxylic acids is 1. The average molecular weight is 390 g/mol. The molecule has 0 aliphatic heterocycles. The van der Waals surface area contributed by atoms with Crippen molar-refractivity contribution in [1.82, 2.24) is 5.32 Å². The van der Waals surface area contributed by atoms with Gasteiger partial charge in [-0.1, -0.05) is 71.4 Å². The summed E-state index contributed by atoms with van der Waals surface area (Å²) in [5.41, 5.74) is 1.75. The number of benzene rings is 2. The zero-order valence-electron chi connectivity index (χ0n) is 14.2. The molecule has 0 aliphatic rings. The third-order valence-corrected chi connectivity index (χ3v) is 5.19. The van der Waals surface area contributed by atoms with Crippen LogP contribution < -0.4 is 5.32 Å². The Kier molecular flexibility index (Phi) is 7.00. The molecule has 0 fully saturated rings. The van der Waals surface area contributed by atoms with Crippen LogP contribution in [0.4, 0.5) is 0 Å². The molecule has 3 nitrogen and oxygen atoms in total. The van der Waals surface area contributed by atoms with Crippen LogP contribution in [-0.4, -0.2) is 19.6 Å². The first kappa shape index (κ1) is 18.7.